The smallest absolute Gasteiger partial charge is 0.225 e. The molecule has 0 aromatic carbocycles. The number of allylic oxidation sites excluding steroid dienone is 2. The minimum atomic E-state index is -1.92. The van der Waals surface area contributed by atoms with Crippen LogP contribution in [-0.4, -0.2) is 37.8 Å². The van der Waals surface area contributed by atoms with Crippen LogP contribution < -0.4 is 0 Å². The molecule has 0 aromatic rings. The fourth-order valence-electron chi connectivity index (χ4n) is 2.06. The Bertz CT molecular complexity index is 578. The Balaban J connectivity index is 2.24. The van der Waals surface area contributed by atoms with Crippen molar-refractivity contribution in [1.82, 2.24) is 4.90 Å². The molecule has 2 atom stereocenters. The van der Waals surface area contributed by atoms with Crippen molar-refractivity contribution in [2.45, 2.75) is 57.5 Å². The minimum absolute atomic E-state index is 0.0416. The Morgan fingerprint density at radius 2 is 1.95 bits per heavy atom. The summed E-state index contributed by atoms with van der Waals surface area (Å²) in [4.78, 5) is 13.6. The van der Waals surface area contributed by atoms with E-state index in [9.17, 15) is 4.79 Å². The normalized spacial score (nSPS) is 26.5. The van der Waals surface area contributed by atoms with E-state index in [1.54, 1.807) is 17.1 Å². The van der Waals surface area contributed by atoms with Gasteiger partial charge in [0.1, 0.15) is 6.10 Å². The molecule has 4 heteroatoms. The van der Waals surface area contributed by atoms with Gasteiger partial charge in [0.2, 0.25) is 5.91 Å². The molecule has 0 N–H and O–H groups in total. The first-order valence-electron chi connectivity index (χ1n) is 7.34. The Morgan fingerprint density at radius 3 is 2.57 bits per heavy atom. The lowest BCUT2D eigenvalue weighted by atomic mass is 9.96. The molecule has 112 valence electrons. The monoisotopic (exact) mass is 301 g/mol. The van der Waals surface area contributed by atoms with Crippen LogP contribution in [0.3, 0.4) is 0 Å². The fraction of sp³-hybridized carbons (Fsp3) is 0.588. The molecule has 3 nitrogen and oxygen atoms in total. The van der Waals surface area contributed by atoms with Crippen LogP contribution in [0.4, 0.5) is 0 Å². The lowest BCUT2D eigenvalue weighted by molar-refractivity contribution is -0.148. The highest BCUT2D eigenvalue weighted by atomic mass is 28.4. The van der Waals surface area contributed by atoms with Crippen LogP contribution in [0.15, 0.2) is 12.2 Å². The summed E-state index contributed by atoms with van der Waals surface area (Å²) in [5.74, 6) is 12.2. The van der Waals surface area contributed by atoms with Crippen molar-refractivity contribution < 1.29 is 9.22 Å². The third kappa shape index (κ3) is 3.40. The van der Waals surface area contributed by atoms with E-state index in [-0.39, 0.29) is 23.1 Å². The zero-order valence-electron chi connectivity index (χ0n) is 13.5. The van der Waals surface area contributed by atoms with Gasteiger partial charge in [0.05, 0.1) is 19.0 Å². The van der Waals surface area contributed by atoms with Gasteiger partial charge in [-0.15, -0.1) is 0 Å². The molecule has 1 saturated heterocycles. The molecule has 0 aliphatic carbocycles. The van der Waals surface area contributed by atoms with E-state index in [1.165, 1.54) is 0 Å². The first-order chi connectivity index (χ1) is 9.72. The Labute approximate surface area is 128 Å². The molecule has 0 saturated carbocycles. The first kappa shape index (κ1) is 15.9. The van der Waals surface area contributed by atoms with Crippen LogP contribution in [0.25, 0.3) is 0 Å². The standard InChI is InChI=1S/C17H23NO2Si/c1-17(2,3)21(4,5)20-15-11-9-7-6-8-10-12-18-14(15)13-16(18)19/h6-7,14-15H,12-13H2,1-5H3/b7-6-/t14-,15+/m1/s1. The topological polar surface area (TPSA) is 29.5 Å². The summed E-state index contributed by atoms with van der Waals surface area (Å²) >= 11 is 0. The number of rotatable bonds is 2. The Kier molecular flexibility index (Phi) is 4.32. The van der Waals surface area contributed by atoms with Crippen molar-refractivity contribution >= 4 is 14.2 Å². The summed E-state index contributed by atoms with van der Waals surface area (Å²) in [6.07, 6.45) is 3.78. The maximum absolute atomic E-state index is 11.8. The van der Waals surface area contributed by atoms with Crippen LogP contribution in [0.2, 0.25) is 18.1 Å². The predicted molar refractivity (Wildman–Crippen MR) is 86.9 cm³/mol. The summed E-state index contributed by atoms with van der Waals surface area (Å²) < 4.78 is 6.45. The second-order valence-electron chi connectivity index (χ2n) is 7.03. The van der Waals surface area contributed by atoms with Crippen LogP contribution in [-0.2, 0) is 9.22 Å². The number of hydrogen-bond acceptors (Lipinski definition) is 2. The number of fused-ring (bicyclic) bond motifs is 1. The highest BCUT2D eigenvalue weighted by molar-refractivity contribution is 6.74. The molecule has 0 aromatic heterocycles. The number of hydrogen-bond donors (Lipinski definition) is 0. The molecular formula is C17H23NO2Si. The maximum atomic E-state index is 11.8. The second kappa shape index (κ2) is 5.71. The predicted octanol–water partition coefficient (Wildman–Crippen LogP) is 2.55. The third-order valence-electron chi connectivity index (χ3n) is 4.51. The Morgan fingerprint density at radius 1 is 1.29 bits per heavy atom. The van der Waals surface area contributed by atoms with Crippen molar-refractivity contribution in [2.24, 2.45) is 0 Å². The summed E-state index contributed by atoms with van der Waals surface area (Å²) in [5.41, 5.74) is 0. The zero-order valence-corrected chi connectivity index (χ0v) is 14.5. The molecule has 2 aliphatic rings. The average molecular weight is 301 g/mol. The molecule has 0 bridgehead atoms. The fourth-order valence-corrected chi connectivity index (χ4v) is 3.26. The van der Waals surface area contributed by atoms with Gasteiger partial charge in [-0.25, -0.2) is 0 Å². The molecule has 2 aliphatic heterocycles. The van der Waals surface area contributed by atoms with Crippen molar-refractivity contribution in [1.29, 1.82) is 0 Å². The van der Waals surface area contributed by atoms with E-state index >= 15 is 0 Å². The van der Waals surface area contributed by atoms with Gasteiger partial charge in [0, 0.05) is 0 Å². The number of carbonyl (C=O) groups excluding carboxylic acids is 1. The van der Waals surface area contributed by atoms with Crippen LogP contribution in [0, 0.1) is 23.7 Å². The zero-order chi connectivity index (χ0) is 15.7. The van der Waals surface area contributed by atoms with Crippen molar-refractivity contribution in [3.8, 4) is 23.7 Å². The second-order valence-corrected chi connectivity index (χ2v) is 11.8. The summed E-state index contributed by atoms with van der Waals surface area (Å²) in [6, 6.07) is 0.0416. The van der Waals surface area contributed by atoms with E-state index in [0.717, 1.165) is 0 Å². The lowest BCUT2D eigenvalue weighted by Gasteiger charge is -2.46. The van der Waals surface area contributed by atoms with Gasteiger partial charge in [-0.1, -0.05) is 44.5 Å². The third-order valence-corrected chi connectivity index (χ3v) is 8.96. The number of carbonyl (C=O) groups is 1. The molecular weight excluding hydrogens is 278 g/mol. The van der Waals surface area contributed by atoms with E-state index in [2.05, 4.69) is 57.5 Å². The van der Waals surface area contributed by atoms with Gasteiger partial charge in [0.25, 0.3) is 0 Å². The SMILES string of the molecule is CC(C)(C)[Si](C)(C)O[C@H]1C#C/C=C\C#CCN2C(=O)C[C@H]12. The summed E-state index contributed by atoms with van der Waals surface area (Å²) in [7, 11) is -1.92. The average Bonchev–Trinajstić information content (AvgIpc) is 2.35. The molecule has 0 radical (unpaired) electrons. The molecule has 1 amide bonds. The van der Waals surface area contributed by atoms with Gasteiger partial charge >= 0.3 is 0 Å². The van der Waals surface area contributed by atoms with Crippen LogP contribution in [0.1, 0.15) is 27.2 Å². The van der Waals surface area contributed by atoms with Gasteiger partial charge in [-0.3, -0.25) is 4.79 Å². The first-order valence-corrected chi connectivity index (χ1v) is 10.2. The minimum Gasteiger partial charge on any atom is -0.401 e. The van der Waals surface area contributed by atoms with Crippen molar-refractivity contribution in [3.63, 3.8) is 0 Å². The molecule has 0 spiro atoms. The summed E-state index contributed by atoms with van der Waals surface area (Å²) in [6.45, 7) is 11.5. The van der Waals surface area contributed by atoms with Gasteiger partial charge in [-0.05, 0) is 30.3 Å². The largest absolute Gasteiger partial charge is 0.401 e. The number of nitrogens with zero attached hydrogens (tertiary/aromatic N) is 1. The molecule has 0 unspecified atom stereocenters. The van der Waals surface area contributed by atoms with Crippen LogP contribution in [0.5, 0.6) is 0 Å². The van der Waals surface area contributed by atoms with Gasteiger partial charge < -0.3 is 9.33 Å². The number of amides is 1. The van der Waals surface area contributed by atoms with E-state index < -0.39 is 8.32 Å². The maximum Gasteiger partial charge on any atom is 0.225 e. The Hall–Kier alpha value is -1.49. The van der Waals surface area contributed by atoms with Crippen molar-refractivity contribution in [2.75, 3.05) is 6.54 Å². The van der Waals surface area contributed by atoms with Gasteiger partial charge in [0.15, 0.2) is 8.32 Å². The summed E-state index contributed by atoms with van der Waals surface area (Å²) in [5, 5.41) is 0.123. The lowest BCUT2D eigenvalue weighted by Crippen LogP contribution is -2.60. The molecule has 2 rings (SSSR count). The van der Waals surface area contributed by atoms with Gasteiger partial charge in [-0.2, -0.15) is 0 Å². The van der Waals surface area contributed by atoms with Crippen molar-refractivity contribution in [3.05, 3.63) is 12.2 Å². The quantitative estimate of drug-likeness (QED) is 0.446. The van der Waals surface area contributed by atoms with E-state index in [0.29, 0.717) is 13.0 Å². The molecule has 21 heavy (non-hydrogen) atoms. The van der Waals surface area contributed by atoms with Crippen LogP contribution >= 0.6 is 0 Å². The highest BCUT2D eigenvalue weighted by Gasteiger charge is 2.46. The van der Waals surface area contributed by atoms with E-state index in [1.807, 2.05) is 0 Å². The highest BCUT2D eigenvalue weighted by Crippen LogP contribution is 2.38. The molecule has 2 heterocycles. The number of β-lactam (4-membered cyclic amide) rings is 1. The molecule has 1 fully saturated rings. The van der Waals surface area contributed by atoms with E-state index in [4.69, 9.17) is 4.43 Å².